The molecule has 0 saturated carbocycles. The zero-order valence-corrected chi connectivity index (χ0v) is 11.2. The maximum Gasteiger partial charge on any atom is 0.195 e. The first kappa shape index (κ1) is 13.5. The summed E-state index contributed by atoms with van der Waals surface area (Å²) in [5, 5.41) is 3.14. The average molecular weight is 253 g/mol. The third-order valence-corrected chi connectivity index (χ3v) is 3.20. The number of ether oxygens (including phenoxy) is 1. The minimum atomic E-state index is 0.848. The van der Waals surface area contributed by atoms with Gasteiger partial charge in [0.05, 0.1) is 18.9 Å². The van der Waals surface area contributed by atoms with E-state index in [1.807, 2.05) is 7.05 Å². The van der Waals surface area contributed by atoms with E-state index in [9.17, 15) is 0 Å². The molecule has 1 aliphatic rings. The predicted octanol–water partition coefficient (Wildman–Crippen LogP) is 0.701. The van der Waals surface area contributed by atoms with Crippen LogP contribution in [0.1, 0.15) is 18.0 Å². The van der Waals surface area contributed by atoms with Crippen molar-refractivity contribution in [2.75, 3.05) is 46.4 Å². The number of nitrogens with one attached hydrogen (secondary N) is 1. The molecular weight excluding hydrogens is 230 g/mol. The van der Waals surface area contributed by atoms with E-state index in [4.69, 9.17) is 9.15 Å². The number of hydrogen-bond donors (Lipinski definition) is 1. The highest BCUT2D eigenvalue weighted by Gasteiger charge is 2.11. The third-order valence-electron chi connectivity index (χ3n) is 3.20. The fourth-order valence-corrected chi connectivity index (χ4v) is 2.10. The summed E-state index contributed by atoms with van der Waals surface area (Å²) in [6.07, 6.45) is 4.78. The minimum Gasteiger partial charge on any atom is -0.449 e. The lowest BCUT2D eigenvalue weighted by molar-refractivity contribution is 0.0377. The SMILES string of the molecule is CNCCCc1coc(CCN2CCOCC2)n1. The highest BCUT2D eigenvalue weighted by molar-refractivity contribution is 4.97. The molecule has 1 N–H and O–H groups in total. The average Bonchev–Trinajstić information content (AvgIpc) is 2.86. The van der Waals surface area contributed by atoms with Gasteiger partial charge in [-0.15, -0.1) is 0 Å². The van der Waals surface area contributed by atoms with Crippen LogP contribution in [0.4, 0.5) is 0 Å². The molecule has 0 spiro atoms. The summed E-state index contributed by atoms with van der Waals surface area (Å²) in [6.45, 7) is 5.78. The first-order chi connectivity index (χ1) is 8.88. The molecule has 1 saturated heterocycles. The molecule has 18 heavy (non-hydrogen) atoms. The van der Waals surface area contributed by atoms with Gasteiger partial charge in [-0.2, -0.15) is 0 Å². The predicted molar refractivity (Wildman–Crippen MR) is 69.7 cm³/mol. The van der Waals surface area contributed by atoms with Crippen molar-refractivity contribution >= 4 is 0 Å². The highest BCUT2D eigenvalue weighted by atomic mass is 16.5. The Bertz CT molecular complexity index is 335. The van der Waals surface area contributed by atoms with Crippen molar-refractivity contribution in [1.82, 2.24) is 15.2 Å². The lowest BCUT2D eigenvalue weighted by Gasteiger charge is -2.25. The van der Waals surface area contributed by atoms with Crippen LogP contribution in [0.5, 0.6) is 0 Å². The molecule has 5 nitrogen and oxygen atoms in total. The number of aromatic nitrogens is 1. The molecule has 1 fully saturated rings. The summed E-state index contributed by atoms with van der Waals surface area (Å²) in [7, 11) is 1.97. The van der Waals surface area contributed by atoms with E-state index in [-0.39, 0.29) is 0 Å². The number of morpholine rings is 1. The summed E-state index contributed by atoms with van der Waals surface area (Å²) in [4.78, 5) is 6.91. The van der Waals surface area contributed by atoms with Gasteiger partial charge in [0.2, 0.25) is 0 Å². The maximum atomic E-state index is 5.50. The molecule has 0 radical (unpaired) electrons. The highest BCUT2D eigenvalue weighted by Crippen LogP contribution is 2.06. The molecule has 0 aliphatic carbocycles. The van der Waals surface area contributed by atoms with Crippen LogP contribution in [0.25, 0.3) is 0 Å². The van der Waals surface area contributed by atoms with Gasteiger partial charge < -0.3 is 14.5 Å². The van der Waals surface area contributed by atoms with Crippen LogP contribution in [0, 0.1) is 0 Å². The summed E-state index contributed by atoms with van der Waals surface area (Å²) in [5.74, 6) is 0.862. The largest absolute Gasteiger partial charge is 0.449 e. The van der Waals surface area contributed by atoms with Gasteiger partial charge in [0.15, 0.2) is 5.89 Å². The van der Waals surface area contributed by atoms with Crippen molar-refractivity contribution < 1.29 is 9.15 Å². The van der Waals surface area contributed by atoms with Crippen LogP contribution >= 0.6 is 0 Å². The molecular formula is C13H23N3O2. The molecule has 1 aliphatic heterocycles. The van der Waals surface area contributed by atoms with Crippen molar-refractivity contribution in [2.24, 2.45) is 0 Å². The summed E-state index contributed by atoms with van der Waals surface area (Å²) >= 11 is 0. The van der Waals surface area contributed by atoms with E-state index in [0.717, 1.165) is 70.2 Å². The Labute approximate surface area is 109 Å². The van der Waals surface area contributed by atoms with Gasteiger partial charge in [-0.1, -0.05) is 0 Å². The minimum absolute atomic E-state index is 0.848. The molecule has 1 aromatic rings. The Kier molecular flexibility index (Phi) is 5.64. The Morgan fingerprint density at radius 2 is 2.17 bits per heavy atom. The topological polar surface area (TPSA) is 50.5 Å². The fourth-order valence-electron chi connectivity index (χ4n) is 2.10. The molecule has 0 unspecified atom stereocenters. The van der Waals surface area contributed by atoms with Gasteiger partial charge in [-0.05, 0) is 26.4 Å². The molecule has 102 valence electrons. The number of oxazole rings is 1. The molecule has 5 heteroatoms. The van der Waals surface area contributed by atoms with E-state index in [1.54, 1.807) is 6.26 Å². The quantitative estimate of drug-likeness (QED) is 0.725. The molecule has 0 aromatic carbocycles. The third kappa shape index (κ3) is 4.40. The fraction of sp³-hybridized carbons (Fsp3) is 0.769. The van der Waals surface area contributed by atoms with Crippen molar-refractivity contribution in [3.8, 4) is 0 Å². The van der Waals surface area contributed by atoms with Gasteiger partial charge in [-0.3, -0.25) is 4.90 Å². The second kappa shape index (κ2) is 7.51. The Hall–Kier alpha value is -0.910. The van der Waals surface area contributed by atoms with Crippen LogP contribution in [-0.4, -0.2) is 56.3 Å². The normalized spacial score (nSPS) is 17.2. The van der Waals surface area contributed by atoms with Gasteiger partial charge >= 0.3 is 0 Å². The van der Waals surface area contributed by atoms with E-state index in [2.05, 4.69) is 15.2 Å². The van der Waals surface area contributed by atoms with Crippen molar-refractivity contribution in [3.05, 3.63) is 17.8 Å². The second-order valence-electron chi connectivity index (χ2n) is 4.64. The summed E-state index contributed by atoms with van der Waals surface area (Å²) < 4.78 is 10.8. The molecule has 2 rings (SSSR count). The van der Waals surface area contributed by atoms with Crippen LogP contribution < -0.4 is 5.32 Å². The van der Waals surface area contributed by atoms with Crippen LogP contribution in [0.3, 0.4) is 0 Å². The number of nitrogens with zero attached hydrogens (tertiary/aromatic N) is 2. The van der Waals surface area contributed by atoms with Crippen LogP contribution in [-0.2, 0) is 17.6 Å². The maximum absolute atomic E-state index is 5.50. The Balaban J connectivity index is 1.69. The van der Waals surface area contributed by atoms with E-state index in [1.165, 1.54) is 0 Å². The standard InChI is InChI=1S/C13H23N3O2/c1-14-5-2-3-12-11-18-13(15-12)4-6-16-7-9-17-10-8-16/h11,14H,2-10H2,1H3. The zero-order chi connectivity index (χ0) is 12.6. The second-order valence-corrected chi connectivity index (χ2v) is 4.64. The van der Waals surface area contributed by atoms with Gasteiger partial charge in [0.1, 0.15) is 6.26 Å². The lowest BCUT2D eigenvalue weighted by atomic mass is 10.2. The molecule has 1 aromatic heterocycles. The van der Waals surface area contributed by atoms with Gasteiger partial charge in [-0.25, -0.2) is 4.98 Å². The van der Waals surface area contributed by atoms with Gasteiger partial charge in [0.25, 0.3) is 0 Å². The monoisotopic (exact) mass is 253 g/mol. The molecule has 2 heterocycles. The van der Waals surface area contributed by atoms with Crippen molar-refractivity contribution in [3.63, 3.8) is 0 Å². The van der Waals surface area contributed by atoms with Crippen molar-refractivity contribution in [1.29, 1.82) is 0 Å². The van der Waals surface area contributed by atoms with Crippen molar-refractivity contribution in [2.45, 2.75) is 19.3 Å². The zero-order valence-electron chi connectivity index (χ0n) is 11.2. The van der Waals surface area contributed by atoms with Gasteiger partial charge in [0, 0.05) is 26.1 Å². The first-order valence-electron chi connectivity index (χ1n) is 6.76. The van der Waals surface area contributed by atoms with E-state index < -0.39 is 0 Å². The first-order valence-corrected chi connectivity index (χ1v) is 6.76. The lowest BCUT2D eigenvalue weighted by Crippen LogP contribution is -2.37. The number of aryl methyl sites for hydroxylation is 1. The Morgan fingerprint density at radius 3 is 2.94 bits per heavy atom. The van der Waals surface area contributed by atoms with Crippen LogP contribution in [0.2, 0.25) is 0 Å². The molecule has 0 bridgehead atoms. The van der Waals surface area contributed by atoms with E-state index >= 15 is 0 Å². The number of rotatable bonds is 7. The smallest absolute Gasteiger partial charge is 0.195 e. The van der Waals surface area contributed by atoms with E-state index in [0.29, 0.717) is 0 Å². The molecule has 0 amide bonds. The number of hydrogen-bond acceptors (Lipinski definition) is 5. The summed E-state index contributed by atoms with van der Waals surface area (Å²) in [6, 6.07) is 0. The van der Waals surface area contributed by atoms with Crippen LogP contribution in [0.15, 0.2) is 10.7 Å². The molecule has 0 atom stereocenters. The summed E-state index contributed by atoms with van der Waals surface area (Å²) in [5.41, 5.74) is 1.07. The Morgan fingerprint density at radius 1 is 1.33 bits per heavy atom.